The van der Waals surface area contributed by atoms with Crippen molar-refractivity contribution in [1.29, 1.82) is 0 Å². The van der Waals surface area contributed by atoms with E-state index in [2.05, 4.69) is 5.10 Å². The van der Waals surface area contributed by atoms with Crippen LogP contribution in [0.4, 0.5) is 0 Å². The second-order valence-electron chi connectivity index (χ2n) is 6.36. The van der Waals surface area contributed by atoms with Crippen LogP contribution in [-0.2, 0) is 16.1 Å². The molecule has 0 aliphatic rings. The van der Waals surface area contributed by atoms with Gasteiger partial charge in [-0.25, -0.2) is 4.79 Å². The highest BCUT2D eigenvalue weighted by molar-refractivity contribution is 6.09. The molecule has 0 atom stereocenters. The van der Waals surface area contributed by atoms with E-state index in [0.29, 0.717) is 17.8 Å². The third kappa shape index (κ3) is 4.95. The first-order chi connectivity index (χ1) is 14.0. The highest BCUT2D eigenvalue weighted by Gasteiger charge is 2.21. The van der Waals surface area contributed by atoms with Gasteiger partial charge in [-0.3, -0.25) is 14.3 Å². The number of carbonyl (C=O) groups excluding carboxylic acids is 2. The number of carbonyl (C=O) groups is 3. The van der Waals surface area contributed by atoms with Crippen molar-refractivity contribution in [3.63, 3.8) is 0 Å². The van der Waals surface area contributed by atoms with Crippen molar-refractivity contribution in [2.24, 2.45) is 0 Å². The van der Waals surface area contributed by atoms with Gasteiger partial charge in [0.2, 0.25) is 0 Å². The summed E-state index contributed by atoms with van der Waals surface area (Å²) in [6.45, 7) is 2.25. The number of carboxylic acid groups (broad SMARTS) is 1. The summed E-state index contributed by atoms with van der Waals surface area (Å²) in [5.74, 6) is -1.93. The van der Waals surface area contributed by atoms with E-state index in [-0.39, 0.29) is 24.4 Å². The van der Waals surface area contributed by atoms with Crippen LogP contribution >= 0.6 is 0 Å². The zero-order valence-corrected chi connectivity index (χ0v) is 15.9. The van der Waals surface area contributed by atoms with Gasteiger partial charge in [0.15, 0.2) is 5.78 Å². The van der Waals surface area contributed by atoms with Gasteiger partial charge in [-0.2, -0.15) is 5.10 Å². The molecule has 0 saturated carbocycles. The predicted molar refractivity (Wildman–Crippen MR) is 106 cm³/mol. The summed E-state index contributed by atoms with van der Waals surface area (Å²) in [6.07, 6.45) is 1.25. The van der Waals surface area contributed by atoms with Crippen molar-refractivity contribution >= 4 is 17.7 Å². The summed E-state index contributed by atoms with van der Waals surface area (Å²) in [6, 6.07) is 15.7. The van der Waals surface area contributed by atoms with Crippen LogP contribution in [0.2, 0.25) is 0 Å². The van der Waals surface area contributed by atoms with E-state index in [0.717, 1.165) is 11.1 Å². The van der Waals surface area contributed by atoms with E-state index in [1.54, 1.807) is 29.9 Å². The molecule has 7 heteroatoms. The molecule has 0 spiro atoms. The zero-order valence-electron chi connectivity index (χ0n) is 15.9. The Hall–Kier alpha value is -3.74. The molecule has 2 aromatic carbocycles. The van der Waals surface area contributed by atoms with Crippen molar-refractivity contribution in [2.75, 3.05) is 6.61 Å². The van der Waals surface area contributed by atoms with Gasteiger partial charge in [-0.1, -0.05) is 42.5 Å². The maximum absolute atomic E-state index is 12.7. The van der Waals surface area contributed by atoms with Gasteiger partial charge < -0.3 is 9.84 Å². The largest absolute Gasteiger partial charge is 0.478 e. The highest BCUT2D eigenvalue weighted by Crippen LogP contribution is 2.24. The molecule has 7 nitrogen and oxygen atoms in total. The van der Waals surface area contributed by atoms with Crippen molar-refractivity contribution in [1.82, 2.24) is 9.78 Å². The molecule has 0 saturated heterocycles. The molecule has 1 heterocycles. The minimum absolute atomic E-state index is 0.199. The number of hydrogen-bond acceptors (Lipinski definition) is 5. The van der Waals surface area contributed by atoms with Gasteiger partial charge >= 0.3 is 11.9 Å². The highest BCUT2D eigenvalue weighted by atomic mass is 16.5. The molecule has 0 amide bonds. The number of benzene rings is 2. The molecule has 1 N–H and O–H groups in total. The smallest absolute Gasteiger partial charge is 0.335 e. The van der Waals surface area contributed by atoms with Crippen LogP contribution in [0.25, 0.3) is 11.3 Å². The molecule has 0 radical (unpaired) electrons. The van der Waals surface area contributed by atoms with Gasteiger partial charge in [-0.05, 0) is 24.6 Å². The van der Waals surface area contributed by atoms with Crippen LogP contribution in [0.5, 0.6) is 0 Å². The Balaban J connectivity index is 1.90. The molecule has 0 unspecified atom stereocenters. The number of aromatic carboxylic acids is 1. The summed E-state index contributed by atoms with van der Waals surface area (Å²) in [5, 5.41) is 13.5. The summed E-state index contributed by atoms with van der Waals surface area (Å²) in [5.41, 5.74) is 2.62. The van der Waals surface area contributed by atoms with E-state index >= 15 is 0 Å². The molecule has 1 aromatic heterocycles. The van der Waals surface area contributed by atoms with Gasteiger partial charge in [0.05, 0.1) is 24.3 Å². The second-order valence-corrected chi connectivity index (χ2v) is 6.36. The monoisotopic (exact) mass is 392 g/mol. The Kier molecular flexibility index (Phi) is 6.19. The molecule has 3 aromatic rings. The van der Waals surface area contributed by atoms with Crippen LogP contribution in [0.3, 0.4) is 0 Å². The van der Waals surface area contributed by atoms with Crippen molar-refractivity contribution < 1.29 is 24.2 Å². The van der Waals surface area contributed by atoms with Crippen LogP contribution in [0.1, 0.15) is 39.6 Å². The third-order valence-electron chi connectivity index (χ3n) is 4.26. The quantitative estimate of drug-likeness (QED) is 0.358. The number of esters is 1. The van der Waals surface area contributed by atoms with Crippen LogP contribution < -0.4 is 0 Å². The predicted octanol–water partition coefficient (Wildman–Crippen LogP) is 3.43. The first kappa shape index (κ1) is 20.0. The fraction of sp³-hybridized carbons (Fsp3) is 0.182. The molecule has 148 valence electrons. The fourth-order valence-corrected chi connectivity index (χ4v) is 2.89. The minimum Gasteiger partial charge on any atom is -0.478 e. The second kappa shape index (κ2) is 8.97. The number of hydrogen-bond donors (Lipinski definition) is 1. The van der Waals surface area contributed by atoms with Crippen LogP contribution in [0.15, 0.2) is 60.8 Å². The fourth-order valence-electron chi connectivity index (χ4n) is 2.89. The lowest BCUT2D eigenvalue weighted by Gasteiger charge is -2.03. The summed E-state index contributed by atoms with van der Waals surface area (Å²) < 4.78 is 6.49. The van der Waals surface area contributed by atoms with Gasteiger partial charge in [0, 0.05) is 11.8 Å². The topological polar surface area (TPSA) is 98.5 Å². The number of nitrogens with zero attached hydrogens (tertiary/aromatic N) is 2. The Labute approximate surface area is 167 Å². The molecule has 3 rings (SSSR count). The third-order valence-corrected chi connectivity index (χ3v) is 4.26. The lowest BCUT2D eigenvalue weighted by atomic mass is 10.0. The van der Waals surface area contributed by atoms with Crippen molar-refractivity contribution in [3.05, 3.63) is 77.5 Å². The van der Waals surface area contributed by atoms with Gasteiger partial charge in [0.25, 0.3) is 0 Å². The lowest BCUT2D eigenvalue weighted by molar-refractivity contribution is -0.141. The molecule has 29 heavy (non-hydrogen) atoms. The van der Waals surface area contributed by atoms with Crippen molar-refractivity contribution in [2.45, 2.75) is 19.9 Å². The summed E-state index contributed by atoms with van der Waals surface area (Å²) in [4.78, 5) is 35.4. The molecular formula is C22H20N2O5. The molecule has 0 bridgehead atoms. The first-order valence-corrected chi connectivity index (χ1v) is 9.12. The van der Waals surface area contributed by atoms with Gasteiger partial charge in [-0.15, -0.1) is 0 Å². The minimum atomic E-state index is -0.992. The Bertz CT molecular complexity index is 1020. The van der Waals surface area contributed by atoms with E-state index in [1.807, 2.05) is 30.3 Å². The normalized spacial score (nSPS) is 10.5. The Morgan fingerprint density at radius 1 is 1.03 bits per heavy atom. The average Bonchev–Trinajstić information content (AvgIpc) is 3.13. The maximum Gasteiger partial charge on any atom is 0.335 e. The van der Waals surface area contributed by atoms with E-state index in [9.17, 15) is 14.4 Å². The van der Waals surface area contributed by atoms with E-state index in [4.69, 9.17) is 9.84 Å². The molecular weight excluding hydrogens is 372 g/mol. The van der Waals surface area contributed by atoms with Crippen LogP contribution in [0, 0.1) is 0 Å². The van der Waals surface area contributed by atoms with Gasteiger partial charge in [0.1, 0.15) is 12.1 Å². The number of carboxylic acids is 1. The number of Topliss-reactive ketones (excluding diaryl/α,β-unsaturated/α-hetero) is 1. The SMILES string of the molecule is CCOC(=O)CC(=O)c1cn(Cc2ccc(C(=O)O)cc2)nc1-c1ccccc1. The average molecular weight is 392 g/mol. The maximum atomic E-state index is 12.7. The number of rotatable bonds is 8. The molecule has 0 aliphatic carbocycles. The van der Waals surface area contributed by atoms with Crippen LogP contribution in [-0.4, -0.2) is 39.2 Å². The number of aromatic nitrogens is 2. The lowest BCUT2D eigenvalue weighted by Crippen LogP contribution is -2.11. The van der Waals surface area contributed by atoms with Crippen molar-refractivity contribution in [3.8, 4) is 11.3 Å². The number of ketones is 1. The van der Waals surface area contributed by atoms with E-state index in [1.165, 1.54) is 12.1 Å². The summed E-state index contributed by atoms with van der Waals surface area (Å²) >= 11 is 0. The molecule has 0 aliphatic heterocycles. The number of ether oxygens (including phenoxy) is 1. The standard InChI is InChI=1S/C22H20N2O5/c1-2-29-20(26)12-19(25)18-14-24(23-21(18)16-6-4-3-5-7-16)13-15-8-10-17(11-9-15)22(27)28/h3-11,14H,2,12-13H2,1H3,(H,27,28). The first-order valence-electron chi connectivity index (χ1n) is 9.12. The van der Waals surface area contributed by atoms with E-state index < -0.39 is 11.9 Å². The Morgan fingerprint density at radius 2 is 1.72 bits per heavy atom. The Morgan fingerprint density at radius 3 is 2.34 bits per heavy atom. The summed E-state index contributed by atoms with van der Waals surface area (Å²) in [7, 11) is 0. The zero-order chi connectivity index (χ0) is 20.8. The molecule has 0 fully saturated rings.